The number of carbonyl (C=O) groups is 1. The molecule has 0 unspecified atom stereocenters. The molecule has 0 heterocycles. The number of hydrogen-bond acceptors (Lipinski definition) is 3. The lowest BCUT2D eigenvalue weighted by molar-refractivity contribution is -0.121. The third kappa shape index (κ3) is 4.24. The van der Waals surface area contributed by atoms with Crippen molar-refractivity contribution in [2.45, 2.75) is 26.7 Å². The number of methoxy groups -OCH3 is 1. The van der Waals surface area contributed by atoms with E-state index in [9.17, 15) is 4.79 Å². The van der Waals surface area contributed by atoms with E-state index in [1.807, 2.05) is 44.2 Å². The van der Waals surface area contributed by atoms with Crippen molar-refractivity contribution in [1.82, 2.24) is 0 Å². The third-order valence-corrected chi connectivity index (χ3v) is 2.46. The highest BCUT2D eigenvalue weighted by molar-refractivity contribution is 5.79. The zero-order chi connectivity index (χ0) is 13.4. The molecular weight excluding hydrogens is 228 g/mol. The van der Waals surface area contributed by atoms with Gasteiger partial charge < -0.3 is 9.47 Å². The predicted molar refractivity (Wildman–Crippen MR) is 73.1 cm³/mol. The van der Waals surface area contributed by atoms with E-state index in [0.717, 1.165) is 12.0 Å². The van der Waals surface area contributed by atoms with Crippen LogP contribution in [0.5, 0.6) is 11.5 Å². The highest BCUT2D eigenvalue weighted by Crippen LogP contribution is 2.28. The van der Waals surface area contributed by atoms with Gasteiger partial charge in [-0.3, -0.25) is 4.79 Å². The fourth-order valence-corrected chi connectivity index (χ4v) is 1.61. The van der Waals surface area contributed by atoms with Crippen LogP contribution in [-0.4, -0.2) is 19.5 Å². The van der Waals surface area contributed by atoms with Gasteiger partial charge in [0.25, 0.3) is 0 Å². The number of carbonyl (C=O) groups excluding carboxylic acids is 1. The van der Waals surface area contributed by atoms with Crippen LogP contribution in [-0.2, 0) is 4.79 Å². The molecule has 0 aliphatic rings. The molecule has 0 amide bonds. The monoisotopic (exact) mass is 248 g/mol. The quantitative estimate of drug-likeness (QED) is 0.741. The van der Waals surface area contributed by atoms with E-state index < -0.39 is 0 Å². The Labute approximate surface area is 108 Å². The van der Waals surface area contributed by atoms with Gasteiger partial charge in [-0.1, -0.05) is 25.1 Å². The van der Waals surface area contributed by atoms with Gasteiger partial charge in [0.05, 0.1) is 7.11 Å². The molecule has 0 saturated carbocycles. The van der Waals surface area contributed by atoms with Crippen molar-refractivity contribution in [1.29, 1.82) is 0 Å². The Balaban J connectivity index is 2.73. The zero-order valence-corrected chi connectivity index (χ0v) is 11.2. The maximum Gasteiger partial charge on any atom is 0.170 e. The number of hydrogen-bond donors (Lipinski definition) is 0. The van der Waals surface area contributed by atoms with E-state index >= 15 is 0 Å². The Bertz CT molecular complexity index is 422. The standard InChI is InChI=1S/C15H20O3/c1-4-6-12-8-9-14(15(10-12)17-3)18-11-13(16)7-5-2/h4,6,8-10H,5,7,11H2,1-3H3. The van der Waals surface area contributed by atoms with Crippen molar-refractivity contribution in [3.8, 4) is 11.5 Å². The summed E-state index contributed by atoms with van der Waals surface area (Å²) in [5.41, 5.74) is 1.04. The molecule has 1 aromatic rings. The van der Waals surface area contributed by atoms with Gasteiger partial charge in [-0.25, -0.2) is 0 Å². The van der Waals surface area contributed by atoms with Crippen LogP contribution in [0.3, 0.4) is 0 Å². The van der Waals surface area contributed by atoms with Crippen molar-refractivity contribution in [2.75, 3.05) is 13.7 Å². The minimum atomic E-state index is 0.104. The van der Waals surface area contributed by atoms with Crippen molar-refractivity contribution in [3.63, 3.8) is 0 Å². The molecule has 0 bridgehead atoms. The van der Waals surface area contributed by atoms with E-state index in [-0.39, 0.29) is 12.4 Å². The van der Waals surface area contributed by atoms with E-state index in [2.05, 4.69) is 0 Å². The second-order valence-electron chi connectivity index (χ2n) is 3.99. The molecule has 0 fully saturated rings. The van der Waals surface area contributed by atoms with Crippen molar-refractivity contribution < 1.29 is 14.3 Å². The van der Waals surface area contributed by atoms with Crippen LogP contribution >= 0.6 is 0 Å². The first-order chi connectivity index (χ1) is 8.71. The zero-order valence-electron chi connectivity index (χ0n) is 11.2. The lowest BCUT2D eigenvalue weighted by Gasteiger charge is -2.10. The smallest absolute Gasteiger partial charge is 0.170 e. The topological polar surface area (TPSA) is 35.5 Å². The summed E-state index contributed by atoms with van der Waals surface area (Å²) in [6.07, 6.45) is 5.34. The number of rotatable bonds is 7. The van der Waals surface area contributed by atoms with E-state index in [1.54, 1.807) is 7.11 Å². The number of benzene rings is 1. The van der Waals surface area contributed by atoms with Gasteiger partial charge in [-0.15, -0.1) is 0 Å². The third-order valence-electron chi connectivity index (χ3n) is 2.46. The van der Waals surface area contributed by atoms with Gasteiger partial charge in [-0.05, 0) is 31.0 Å². The Kier molecular flexibility index (Phi) is 5.98. The summed E-state index contributed by atoms with van der Waals surface area (Å²) in [5, 5.41) is 0. The van der Waals surface area contributed by atoms with Gasteiger partial charge in [-0.2, -0.15) is 0 Å². The van der Waals surface area contributed by atoms with Crippen LogP contribution in [0.4, 0.5) is 0 Å². The first kappa shape index (κ1) is 14.3. The van der Waals surface area contributed by atoms with Gasteiger partial charge in [0.1, 0.15) is 6.61 Å². The summed E-state index contributed by atoms with van der Waals surface area (Å²) in [7, 11) is 1.59. The van der Waals surface area contributed by atoms with Crippen molar-refractivity contribution >= 4 is 11.9 Å². The molecule has 1 aromatic carbocycles. The van der Waals surface area contributed by atoms with Crippen molar-refractivity contribution in [2.24, 2.45) is 0 Å². The molecule has 0 radical (unpaired) electrons. The molecule has 3 heteroatoms. The SMILES string of the molecule is CC=Cc1ccc(OCC(=O)CCC)c(OC)c1. The van der Waals surface area contributed by atoms with Crippen LogP contribution in [0.15, 0.2) is 24.3 Å². The number of Topliss-reactive ketones (excluding diaryl/α,β-unsaturated/α-hetero) is 1. The first-order valence-electron chi connectivity index (χ1n) is 6.16. The molecule has 3 nitrogen and oxygen atoms in total. The first-order valence-corrected chi connectivity index (χ1v) is 6.16. The minimum absolute atomic E-state index is 0.104. The molecule has 0 aliphatic carbocycles. The van der Waals surface area contributed by atoms with Crippen molar-refractivity contribution in [3.05, 3.63) is 29.8 Å². The normalized spacial score (nSPS) is 10.6. The van der Waals surface area contributed by atoms with Crippen LogP contribution < -0.4 is 9.47 Å². The van der Waals surface area contributed by atoms with Gasteiger partial charge >= 0.3 is 0 Å². The molecule has 0 aromatic heterocycles. The maximum atomic E-state index is 11.4. The highest BCUT2D eigenvalue weighted by Gasteiger charge is 2.07. The van der Waals surface area contributed by atoms with Crippen LogP contribution in [0.25, 0.3) is 6.08 Å². The summed E-state index contributed by atoms with van der Waals surface area (Å²) in [4.78, 5) is 11.4. The van der Waals surface area contributed by atoms with Gasteiger partial charge in [0.2, 0.25) is 0 Å². The summed E-state index contributed by atoms with van der Waals surface area (Å²) in [6, 6.07) is 5.65. The van der Waals surface area contributed by atoms with Crippen LogP contribution in [0, 0.1) is 0 Å². The van der Waals surface area contributed by atoms with Crippen LogP contribution in [0.2, 0.25) is 0 Å². The Morgan fingerprint density at radius 2 is 2.11 bits per heavy atom. The number of allylic oxidation sites excluding steroid dienone is 1. The molecule has 0 N–H and O–H groups in total. The van der Waals surface area contributed by atoms with E-state index in [1.165, 1.54) is 0 Å². The summed E-state index contributed by atoms with van der Waals surface area (Å²) >= 11 is 0. The number of ether oxygens (including phenoxy) is 2. The van der Waals surface area contributed by atoms with Crippen LogP contribution in [0.1, 0.15) is 32.3 Å². The molecular formula is C15H20O3. The minimum Gasteiger partial charge on any atom is -0.493 e. The average molecular weight is 248 g/mol. The fourth-order valence-electron chi connectivity index (χ4n) is 1.61. The molecule has 18 heavy (non-hydrogen) atoms. The summed E-state index contributed by atoms with van der Waals surface area (Å²) in [6.45, 7) is 4.04. The van der Waals surface area contributed by atoms with E-state index in [0.29, 0.717) is 17.9 Å². The second-order valence-corrected chi connectivity index (χ2v) is 3.99. The second kappa shape index (κ2) is 7.54. The molecule has 98 valence electrons. The fraction of sp³-hybridized carbons (Fsp3) is 0.400. The average Bonchev–Trinajstić information content (AvgIpc) is 2.37. The lowest BCUT2D eigenvalue weighted by Crippen LogP contribution is -2.11. The molecule has 0 atom stereocenters. The lowest BCUT2D eigenvalue weighted by atomic mass is 10.2. The summed E-state index contributed by atoms with van der Waals surface area (Å²) in [5.74, 6) is 1.36. The molecule has 0 spiro atoms. The van der Waals surface area contributed by atoms with Gasteiger partial charge in [0, 0.05) is 6.42 Å². The Morgan fingerprint density at radius 3 is 2.72 bits per heavy atom. The molecule has 0 aliphatic heterocycles. The Morgan fingerprint density at radius 1 is 1.33 bits per heavy atom. The maximum absolute atomic E-state index is 11.4. The van der Waals surface area contributed by atoms with E-state index in [4.69, 9.17) is 9.47 Å². The highest BCUT2D eigenvalue weighted by atomic mass is 16.5. The summed E-state index contributed by atoms with van der Waals surface area (Å²) < 4.78 is 10.7. The Hall–Kier alpha value is -1.77. The predicted octanol–water partition coefficient (Wildman–Crippen LogP) is 3.48. The molecule has 1 rings (SSSR count). The number of ketones is 1. The van der Waals surface area contributed by atoms with Gasteiger partial charge in [0.15, 0.2) is 17.3 Å². The molecule has 0 saturated heterocycles. The largest absolute Gasteiger partial charge is 0.493 e.